The number of hydrogen-bond acceptors (Lipinski definition) is 5. The molecule has 1 fully saturated rings. The molecule has 34 heavy (non-hydrogen) atoms. The Morgan fingerprint density at radius 1 is 1.24 bits per heavy atom. The summed E-state index contributed by atoms with van der Waals surface area (Å²) in [5.74, 6) is 0.146. The van der Waals surface area contributed by atoms with E-state index in [2.05, 4.69) is 44.7 Å². The van der Waals surface area contributed by atoms with Crippen LogP contribution in [0.15, 0.2) is 41.3 Å². The number of imide groups is 1. The number of carbonyl (C=O) groups excluding carboxylic acids is 2. The quantitative estimate of drug-likeness (QED) is 0.436. The van der Waals surface area contributed by atoms with Crippen molar-refractivity contribution in [1.82, 2.24) is 4.90 Å². The Morgan fingerprint density at radius 2 is 1.97 bits per heavy atom. The van der Waals surface area contributed by atoms with Crippen LogP contribution in [-0.4, -0.2) is 35.2 Å². The zero-order valence-corrected chi connectivity index (χ0v) is 21.2. The van der Waals surface area contributed by atoms with E-state index >= 15 is 0 Å². The number of carbonyl (C=O) groups is 2. The summed E-state index contributed by atoms with van der Waals surface area (Å²) in [6.07, 6.45) is 3.78. The third-order valence-electron chi connectivity index (χ3n) is 6.63. The van der Waals surface area contributed by atoms with Gasteiger partial charge in [0.1, 0.15) is 11.6 Å². The molecule has 4 rings (SSSR count). The second-order valence-corrected chi connectivity index (χ2v) is 10.6. The van der Waals surface area contributed by atoms with E-state index in [9.17, 15) is 14.0 Å². The summed E-state index contributed by atoms with van der Waals surface area (Å²) in [6.45, 7) is 9.81. The molecule has 0 saturated carbocycles. The lowest BCUT2D eigenvalue weighted by Crippen LogP contribution is -2.48. The molecule has 1 unspecified atom stereocenters. The van der Waals surface area contributed by atoms with Crippen LogP contribution in [0.4, 0.5) is 14.9 Å². The summed E-state index contributed by atoms with van der Waals surface area (Å²) in [5.41, 5.74) is 3.48. The molecular weight excluding hydrogens is 451 g/mol. The van der Waals surface area contributed by atoms with Gasteiger partial charge < -0.3 is 9.64 Å². The number of halogens is 1. The van der Waals surface area contributed by atoms with Crippen LogP contribution >= 0.6 is 11.8 Å². The lowest BCUT2D eigenvalue weighted by atomic mass is 9.79. The van der Waals surface area contributed by atoms with Crippen molar-refractivity contribution < 1.29 is 18.7 Å². The van der Waals surface area contributed by atoms with Crippen LogP contribution < -0.4 is 9.64 Å². The second kappa shape index (κ2) is 9.45. The van der Waals surface area contributed by atoms with Gasteiger partial charge >= 0.3 is 0 Å². The van der Waals surface area contributed by atoms with Crippen molar-refractivity contribution in [3.05, 3.63) is 63.8 Å². The molecule has 2 aromatic carbocycles. The minimum absolute atomic E-state index is 0.0321. The maximum atomic E-state index is 14.1. The fraction of sp³-hybridized carbons (Fsp3) is 0.407. The molecule has 2 aromatic rings. The SMILES string of the molecule is CCCN1c2cc(OC)c(/C=C3/SC(=O)N(Cc4ccccc4F)C3=O)cc2C(C)CC1(C)C. The monoisotopic (exact) mass is 482 g/mol. The van der Waals surface area contributed by atoms with Crippen molar-refractivity contribution in [2.45, 2.75) is 58.5 Å². The number of benzene rings is 2. The van der Waals surface area contributed by atoms with Gasteiger partial charge in [-0.25, -0.2) is 4.39 Å². The minimum Gasteiger partial charge on any atom is -0.496 e. The molecule has 7 heteroatoms. The number of amides is 2. The molecule has 1 saturated heterocycles. The van der Waals surface area contributed by atoms with Gasteiger partial charge in [0.05, 0.1) is 18.6 Å². The van der Waals surface area contributed by atoms with E-state index in [0.717, 1.165) is 47.3 Å². The topological polar surface area (TPSA) is 49.9 Å². The zero-order chi connectivity index (χ0) is 24.6. The van der Waals surface area contributed by atoms with Crippen molar-refractivity contribution in [3.63, 3.8) is 0 Å². The van der Waals surface area contributed by atoms with E-state index < -0.39 is 17.0 Å². The largest absolute Gasteiger partial charge is 0.496 e. The van der Waals surface area contributed by atoms with Crippen LogP contribution in [0, 0.1) is 5.82 Å². The average molecular weight is 483 g/mol. The first-order valence-electron chi connectivity index (χ1n) is 11.6. The highest BCUT2D eigenvalue weighted by molar-refractivity contribution is 8.18. The third-order valence-corrected chi connectivity index (χ3v) is 7.54. The molecule has 0 radical (unpaired) electrons. The summed E-state index contributed by atoms with van der Waals surface area (Å²) in [6, 6.07) is 10.3. The maximum absolute atomic E-state index is 14.1. The predicted octanol–water partition coefficient (Wildman–Crippen LogP) is 6.57. The second-order valence-electron chi connectivity index (χ2n) is 9.58. The van der Waals surface area contributed by atoms with E-state index in [-0.39, 0.29) is 12.1 Å². The standard InChI is InChI=1S/C27H31FN2O3S/c1-6-11-30-22-14-23(33-5)19(12-20(22)17(2)15-27(30,3)4)13-24-25(31)29(26(32)34-24)16-18-9-7-8-10-21(18)28/h7-10,12-14,17H,6,11,15-16H2,1-5H3/b24-13+. The Balaban J connectivity index is 1.69. The smallest absolute Gasteiger partial charge is 0.293 e. The normalized spacial score (nSPS) is 20.8. The number of methoxy groups -OCH3 is 1. The van der Waals surface area contributed by atoms with Crippen LogP contribution in [0.3, 0.4) is 0 Å². The van der Waals surface area contributed by atoms with Gasteiger partial charge in [-0.1, -0.05) is 32.0 Å². The minimum atomic E-state index is -0.435. The van der Waals surface area contributed by atoms with Crippen LogP contribution in [0.2, 0.25) is 0 Å². The van der Waals surface area contributed by atoms with E-state index in [1.165, 1.54) is 11.6 Å². The summed E-state index contributed by atoms with van der Waals surface area (Å²) >= 11 is 0.878. The molecule has 2 aliphatic heterocycles. The highest BCUT2D eigenvalue weighted by Gasteiger charge is 2.38. The molecule has 180 valence electrons. The first-order chi connectivity index (χ1) is 16.2. The summed E-state index contributed by atoms with van der Waals surface area (Å²) < 4.78 is 19.8. The number of fused-ring (bicyclic) bond motifs is 1. The Kier molecular flexibility index (Phi) is 6.76. The Morgan fingerprint density at radius 3 is 2.65 bits per heavy atom. The fourth-order valence-corrected chi connectivity index (χ4v) is 5.87. The molecule has 0 spiro atoms. The lowest BCUT2D eigenvalue weighted by molar-refractivity contribution is -0.123. The lowest BCUT2D eigenvalue weighted by Gasteiger charge is -2.47. The molecule has 0 aliphatic carbocycles. The van der Waals surface area contributed by atoms with Crippen molar-refractivity contribution in [1.29, 1.82) is 0 Å². The highest BCUT2D eigenvalue weighted by Crippen LogP contribution is 2.46. The van der Waals surface area contributed by atoms with Crippen LogP contribution in [0.5, 0.6) is 5.75 Å². The van der Waals surface area contributed by atoms with Gasteiger partial charge in [0.25, 0.3) is 11.1 Å². The summed E-state index contributed by atoms with van der Waals surface area (Å²) in [4.78, 5) is 29.5. The van der Waals surface area contributed by atoms with Gasteiger partial charge in [0.15, 0.2) is 0 Å². The Hall–Kier alpha value is -2.80. The molecule has 2 amide bonds. The van der Waals surface area contributed by atoms with Gasteiger partial charge in [-0.15, -0.1) is 0 Å². The number of anilines is 1. The van der Waals surface area contributed by atoms with E-state index in [0.29, 0.717) is 22.1 Å². The van der Waals surface area contributed by atoms with Crippen molar-refractivity contribution in [2.24, 2.45) is 0 Å². The van der Waals surface area contributed by atoms with Crippen molar-refractivity contribution in [2.75, 3.05) is 18.6 Å². The summed E-state index contributed by atoms with van der Waals surface area (Å²) in [5, 5.41) is -0.402. The predicted molar refractivity (Wildman–Crippen MR) is 136 cm³/mol. The number of rotatable bonds is 6. The highest BCUT2D eigenvalue weighted by atomic mass is 32.2. The number of thioether (sulfide) groups is 1. The summed E-state index contributed by atoms with van der Waals surface area (Å²) in [7, 11) is 1.62. The number of hydrogen-bond donors (Lipinski definition) is 0. The maximum Gasteiger partial charge on any atom is 0.293 e. The molecule has 0 aromatic heterocycles. The molecule has 1 atom stereocenters. The van der Waals surface area contributed by atoms with E-state index in [4.69, 9.17) is 4.74 Å². The molecule has 5 nitrogen and oxygen atoms in total. The zero-order valence-electron chi connectivity index (χ0n) is 20.4. The number of nitrogens with zero attached hydrogens (tertiary/aromatic N) is 2. The number of ether oxygens (including phenoxy) is 1. The van der Waals surface area contributed by atoms with Gasteiger partial charge in [-0.3, -0.25) is 14.5 Å². The van der Waals surface area contributed by atoms with E-state index in [1.807, 2.05) is 0 Å². The van der Waals surface area contributed by atoms with E-state index in [1.54, 1.807) is 31.4 Å². The Labute approximate surface area is 205 Å². The van der Waals surface area contributed by atoms with Crippen LogP contribution in [-0.2, 0) is 11.3 Å². The Bertz CT molecular complexity index is 1160. The van der Waals surface area contributed by atoms with Gasteiger partial charge in [-0.05, 0) is 68.1 Å². The molecular formula is C27H31FN2O3S. The fourth-order valence-electron chi connectivity index (χ4n) is 5.04. The van der Waals surface area contributed by atoms with Gasteiger partial charge in [0, 0.05) is 35.0 Å². The third kappa shape index (κ3) is 4.45. The van der Waals surface area contributed by atoms with Crippen molar-refractivity contribution in [3.8, 4) is 5.75 Å². The van der Waals surface area contributed by atoms with Crippen molar-refractivity contribution >= 4 is 34.7 Å². The van der Waals surface area contributed by atoms with Crippen LogP contribution in [0.25, 0.3) is 6.08 Å². The van der Waals surface area contributed by atoms with Crippen LogP contribution in [0.1, 0.15) is 63.1 Å². The van der Waals surface area contributed by atoms with Gasteiger partial charge in [0.2, 0.25) is 0 Å². The first kappa shape index (κ1) is 24.3. The molecule has 2 aliphatic rings. The first-order valence-corrected chi connectivity index (χ1v) is 12.5. The molecule has 0 N–H and O–H groups in total. The molecule has 0 bridgehead atoms. The average Bonchev–Trinajstić information content (AvgIpc) is 3.05. The molecule has 2 heterocycles. The van der Waals surface area contributed by atoms with Gasteiger partial charge in [-0.2, -0.15) is 0 Å².